The molecule has 0 unspecified atom stereocenters. The van der Waals surface area contributed by atoms with Crippen LogP contribution in [-0.4, -0.2) is 16.7 Å². The molecule has 0 atom stereocenters. The van der Waals surface area contributed by atoms with Crippen molar-refractivity contribution in [2.75, 3.05) is 6.54 Å². The molecule has 1 heterocycles. The lowest BCUT2D eigenvalue weighted by molar-refractivity contribution is 1.09. The van der Waals surface area contributed by atoms with Gasteiger partial charge >= 0.3 is 0 Å². The molecule has 0 saturated carbocycles. The van der Waals surface area contributed by atoms with E-state index in [9.17, 15) is 0 Å². The second kappa shape index (κ2) is 3.98. The minimum Gasteiger partial charge on any atom is -0.320 e. The molecule has 0 aliphatic carbocycles. The van der Waals surface area contributed by atoms with Gasteiger partial charge < -0.3 is 5.73 Å². The van der Waals surface area contributed by atoms with Crippen LogP contribution in [-0.2, 0) is 0 Å². The summed E-state index contributed by atoms with van der Waals surface area (Å²) < 4.78 is 0.982. The molecule has 1 aromatic carbocycles. The Bertz CT molecular complexity index is 519. The highest BCUT2D eigenvalue weighted by molar-refractivity contribution is 14.1. The standard InChI is InChI=1S/C10H8IN3/c11-10-8-4-3-7(2-1-5-12)6-9(8)13-14-10/h3-4,6H,5,12H2,(H,13,14). The van der Waals surface area contributed by atoms with E-state index < -0.39 is 0 Å². The molecule has 70 valence electrons. The van der Waals surface area contributed by atoms with Gasteiger partial charge in [-0.25, -0.2) is 0 Å². The maximum absolute atomic E-state index is 5.30. The Morgan fingerprint density at radius 1 is 1.50 bits per heavy atom. The van der Waals surface area contributed by atoms with E-state index in [1.165, 1.54) is 0 Å². The Morgan fingerprint density at radius 3 is 3.14 bits per heavy atom. The van der Waals surface area contributed by atoms with Crippen LogP contribution in [0, 0.1) is 15.5 Å². The monoisotopic (exact) mass is 297 g/mol. The van der Waals surface area contributed by atoms with Crippen molar-refractivity contribution in [1.82, 2.24) is 10.2 Å². The van der Waals surface area contributed by atoms with Crippen LogP contribution in [0.4, 0.5) is 0 Å². The minimum absolute atomic E-state index is 0.387. The van der Waals surface area contributed by atoms with Crippen molar-refractivity contribution < 1.29 is 0 Å². The topological polar surface area (TPSA) is 54.7 Å². The van der Waals surface area contributed by atoms with Crippen molar-refractivity contribution in [2.45, 2.75) is 0 Å². The van der Waals surface area contributed by atoms with E-state index in [0.29, 0.717) is 6.54 Å². The van der Waals surface area contributed by atoms with Crippen LogP contribution in [0.5, 0.6) is 0 Å². The molecule has 0 fully saturated rings. The van der Waals surface area contributed by atoms with Gasteiger partial charge in [-0.2, -0.15) is 5.10 Å². The Balaban J connectivity index is 2.52. The Labute approximate surface area is 95.2 Å². The van der Waals surface area contributed by atoms with Crippen molar-refractivity contribution in [3.63, 3.8) is 0 Å². The maximum Gasteiger partial charge on any atom is 0.130 e. The molecule has 0 aliphatic heterocycles. The number of H-pyrrole nitrogens is 1. The molecule has 4 heteroatoms. The van der Waals surface area contributed by atoms with Crippen LogP contribution in [0.3, 0.4) is 0 Å². The summed E-state index contributed by atoms with van der Waals surface area (Å²) in [5, 5.41) is 8.18. The number of hydrogen-bond donors (Lipinski definition) is 2. The predicted molar refractivity (Wildman–Crippen MR) is 64.7 cm³/mol. The lowest BCUT2D eigenvalue weighted by Gasteiger charge is -1.90. The van der Waals surface area contributed by atoms with Gasteiger partial charge in [0, 0.05) is 10.9 Å². The Morgan fingerprint density at radius 2 is 2.36 bits per heavy atom. The fourth-order valence-corrected chi connectivity index (χ4v) is 1.81. The first-order valence-electron chi connectivity index (χ1n) is 4.14. The van der Waals surface area contributed by atoms with E-state index in [1.54, 1.807) is 0 Å². The van der Waals surface area contributed by atoms with Crippen molar-refractivity contribution in [2.24, 2.45) is 5.73 Å². The molecular formula is C10H8IN3. The zero-order valence-electron chi connectivity index (χ0n) is 7.34. The molecule has 0 spiro atoms. The van der Waals surface area contributed by atoms with Gasteiger partial charge in [-0.3, -0.25) is 5.10 Å². The summed E-state index contributed by atoms with van der Waals surface area (Å²) in [6.07, 6.45) is 0. The van der Waals surface area contributed by atoms with Gasteiger partial charge in [0.05, 0.1) is 12.1 Å². The zero-order valence-corrected chi connectivity index (χ0v) is 9.50. The summed E-state index contributed by atoms with van der Waals surface area (Å²) >= 11 is 2.20. The average molecular weight is 297 g/mol. The van der Waals surface area contributed by atoms with Gasteiger partial charge in [0.2, 0.25) is 0 Å². The quantitative estimate of drug-likeness (QED) is 0.571. The smallest absolute Gasteiger partial charge is 0.130 e. The van der Waals surface area contributed by atoms with Crippen LogP contribution in [0.15, 0.2) is 18.2 Å². The average Bonchev–Trinajstić information content (AvgIpc) is 2.57. The van der Waals surface area contributed by atoms with E-state index in [0.717, 1.165) is 20.2 Å². The van der Waals surface area contributed by atoms with Gasteiger partial charge in [-0.1, -0.05) is 11.8 Å². The summed E-state index contributed by atoms with van der Waals surface area (Å²) in [5.74, 6) is 5.80. The molecule has 2 aromatic rings. The van der Waals surface area contributed by atoms with Crippen LogP contribution >= 0.6 is 22.6 Å². The molecule has 0 amide bonds. The number of nitrogens with two attached hydrogens (primary N) is 1. The van der Waals surface area contributed by atoms with E-state index in [1.807, 2.05) is 18.2 Å². The number of fused-ring (bicyclic) bond motifs is 1. The van der Waals surface area contributed by atoms with E-state index >= 15 is 0 Å². The first-order valence-corrected chi connectivity index (χ1v) is 5.21. The van der Waals surface area contributed by atoms with Crippen LogP contribution in [0.1, 0.15) is 5.56 Å². The third kappa shape index (κ3) is 1.74. The number of nitrogens with zero attached hydrogens (tertiary/aromatic N) is 1. The number of rotatable bonds is 0. The van der Waals surface area contributed by atoms with Crippen LogP contribution < -0.4 is 5.73 Å². The number of hydrogen-bond acceptors (Lipinski definition) is 2. The van der Waals surface area contributed by atoms with Crippen molar-refractivity contribution >= 4 is 33.5 Å². The summed E-state index contributed by atoms with van der Waals surface area (Å²) in [4.78, 5) is 0. The highest BCUT2D eigenvalue weighted by atomic mass is 127. The van der Waals surface area contributed by atoms with Gasteiger partial charge in [-0.05, 0) is 40.8 Å². The molecule has 0 bridgehead atoms. The third-order valence-electron chi connectivity index (χ3n) is 1.85. The summed E-state index contributed by atoms with van der Waals surface area (Å²) in [6, 6.07) is 5.97. The fourth-order valence-electron chi connectivity index (χ4n) is 1.22. The molecule has 14 heavy (non-hydrogen) atoms. The molecule has 2 rings (SSSR count). The Kier molecular flexibility index (Phi) is 2.70. The molecule has 3 nitrogen and oxygen atoms in total. The number of aromatic amines is 1. The summed E-state index contributed by atoms with van der Waals surface area (Å²) in [5.41, 5.74) is 7.27. The van der Waals surface area contributed by atoms with E-state index in [2.05, 4.69) is 44.6 Å². The van der Waals surface area contributed by atoms with Gasteiger partial charge in [0.15, 0.2) is 0 Å². The highest BCUT2D eigenvalue weighted by Crippen LogP contribution is 2.18. The molecule has 0 saturated heterocycles. The lowest BCUT2D eigenvalue weighted by atomic mass is 10.2. The van der Waals surface area contributed by atoms with Crippen molar-refractivity contribution in [3.8, 4) is 11.8 Å². The van der Waals surface area contributed by atoms with Gasteiger partial charge in [0.25, 0.3) is 0 Å². The number of benzene rings is 1. The second-order valence-corrected chi connectivity index (χ2v) is 3.80. The molecule has 1 aromatic heterocycles. The first-order chi connectivity index (χ1) is 6.81. The molecule has 0 radical (unpaired) electrons. The summed E-state index contributed by atoms with van der Waals surface area (Å²) in [6.45, 7) is 0.387. The minimum atomic E-state index is 0.387. The van der Waals surface area contributed by atoms with Crippen LogP contribution in [0.25, 0.3) is 10.9 Å². The number of halogens is 1. The van der Waals surface area contributed by atoms with Crippen molar-refractivity contribution in [3.05, 3.63) is 27.5 Å². The number of nitrogens with one attached hydrogen (secondary N) is 1. The van der Waals surface area contributed by atoms with Crippen LogP contribution in [0.2, 0.25) is 0 Å². The second-order valence-electron chi connectivity index (χ2n) is 2.78. The van der Waals surface area contributed by atoms with E-state index in [-0.39, 0.29) is 0 Å². The highest BCUT2D eigenvalue weighted by Gasteiger charge is 2.01. The fraction of sp³-hybridized carbons (Fsp3) is 0.100. The third-order valence-corrected chi connectivity index (χ3v) is 2.67. The van der Waals surface area contributed by atoms with E-state index in [4.69, 9.17) is 5.73 Å². The Hall–Kier alpha value is -1.06. The largest absolute Gasteiger partial charge is 0.320 e. The SMILES string of the molecule is NCC#Cc1ccc2c(I)n[nH]c2c1. The van der Waals surface area contributed by atoms with Crippen molar-refractivity contribution in [1.29, 1.82) is 0 Å². The lowest BCUT2D eigenvalue weighted by Crippen LogP contribution is -1.92. The first kappa shape index (κ1) is 9.49. The zero-order chi connectivity index (χ0) is 9.97. The van der Waals surface area contributed by atoms with Gasteiger partial charge in [-0.15, -0.1) is 0 Å². The molecule has 0 aliphatic rings. The summed E-state index contributed by atoms with van der Waals surface area (Å²) in [7, 11) is 0. The normalized spacial score (nSPS) is 9.86. The molecule has 3 N–H and O–H groups in total. The van der Waals surface area contributed by atoms with Gasteiger partial charge in [0.1, 0.15) is 3.70 Å². The predicted octanol–water partition coefficient (Wildman–Crippen LogP) is 1.48. The molecular weight excluding hydrogens is 289 g/mol. The number of aromatic nitrogens is 2. The maximum atomic E-state index is 5.30.